The predicted molar refractivity (Wildman–Crippen MR) is 126 cm³/mol. The molecule has 0 amide bonds. The van der Waals surface area contributed by atoms with Gasteiger partial charge in [0.25, 0.3) is 0 Å². The molecule has 0 aliphatic carbocycles. The zero-order valence-electron chi connectivity index (χ0n) is 19.4. The number of aliphatic imine (C=N–C) groups is 1. The lowest BCUT2D eigenvalue weighted by molar-refractivity contribution is 0.336. The lowest BCUT2D eigenvalue weighted by Crippen LogP contribution is -2.39. The van der Waals surface area contributed by atoms with Crippen molar-refractivity contribution in [2.75, 3.05) is 20.2 Å². The number of rotatable bonds is 8. The van der Waals surface area contributed by atoms with Gasteiger partial charge in [0.05, 0.1) is 12.6 Å². The van der Waals surface area contributed by atoms with Gasteiger partial charge in [-0.15, -0.1) is 10.2 Å². The summed E-state index contributed by atoms with van der Waals surface area (Å²) in [6.45, 7) is 6.51. The molecule has 1 aromatic carbocycles. The van der Waals surface area contributed by atoms with Crippen LogP contribution in [0.1, 0.15) is 63.0 Å². The first-order chi connectivity index (χ1) is 15.7. The molecule has 2 N–H and O–H groups in total. The number of benzene rings is 1. The smallest absolute Gasteiger partial charge is 0.191 e. The maximum Gasteiger partial charge on any atom is 0.191 e. The van der Waals surface area contributed by atoms with Crippen molar-refractivity contribution in [1.29, 1.82) is 0 Å². The largest absolute Gasteiger partial charge is 0.490 e. The summed E-state index contributed by atoms with van der Waals surface area (Å²) in [5.41, 5.74) is 0.786. The Morgan fingerprint density at radius 1 is 1.28 bits per heavy atom. The summed E-state index contributed by atoms with van der Waals surface area (Å²) < 4.78 is 14.1. The van der Waals surface area contributed by atoms with E-state index < -0.39 is 0 Å². The standard InChI is InChI=1S/C24H34N6O2/c1-4-31-19-11-8-10-18-16-20(32-23(18)19)17(2)27-24(25-3)26-14-9-13-22-29-28-21-12-6-5-7-15-30(21)22/h8,10-11,16-17H,4-7,9,12-15H2,1-3H3,(H2,25,26,27). The van der Waals surface area contributed by atoms with Gasteiger partial charge in [0, 0.05) is 38.4 Å². The van der Waals surface area contributed by atoms with Gasteiger partial charge in [-0.1, -0.05) is 18.6 Å². The van der Waals surface area contributed by atoms with Crippen molar-refractivity contribution in [3.63, 3.8) is 0 Å². The maximum absolute atomic E-state index is 6.11. The number of nitrogens with one attached hydrogen (secondary N) is 2. The highest BCUT2D eigenvalue weighted by atomic mass is 16.5. The van der Waals surface area contributed by atoms with Crippen LogP contribution in [-0.2, 0) is 19.4 Å². The molecule has 8 heteroatoms. The third kappa shape index (κ3) is 5.06. The molecule has 3 aromatic rings. The molecule has 1 aliphatic heterocycles. The summed E-state index contributed by atoms with van der Waals surface area (Å²) in [6, 6.07) is 7.98. The lowest BCUT2D eigenvalue weighted by Gasteiger charge is -2.16. The van der Waals surface area contributed by atoms with Gasteiger partial charge in [-0.3, -0.25) is 4.99 Å². The SMILES string of the molecule is CCOc1cccc2cc(C(C)NC(=NC)NCCCc3nnc4n3CCCCC4)oc12. The van der Waals surface area contributed by atoms with Crippen molar-refractivity contribution >= 4 is 16.9 Å². The highest BCUT2D eigenvalue weighted by Gasteiger charge is 2.16. The number of aryl methyl sites for hydroxylation is 2. The van der Waals surface area contributed by atoms with Crippen LogP contribution < -0.4 is 15.4 Å². The molecule has 0 saturated heterocycles. The third-order valence-corrected chi connectivity index (χ3v) is 5.89. The molecule has 0 saturated carbocycles. The van der Waals surface area contributed by atoms with Gasteiger partial charge in [0.15, 0.2) is 17.3 Å². The van der Waals surface area contributed by atoms with Gasteiger partial charge in [-0.25, -0.2) is 0 Å². The lowest BCUT2D eigenvalue weighted by atomic mass is 10.2. The van der Waals surface area contributed by atoms with Gasteiger partial charge < -0.3 is 24.4 Å². The number of nitrogens with zero attached hydrogens (tertiary/aromatic N) is 4. The Balaban J connectivity index is 1.30. The number of fused-ring (bicyclic) bond motifs is 2. The van der Waals surface area contributed by atoms with Crippen molar-refractivity contribution < 1.29 is 9.15 Å². The molecule has 0 spiro atoms. The summed E-state index contributed by atoms with van der Waals surface area (Å²) in [4.78, 5) is 4.37. The second kappa shape index (κ2) is 10.5. The van der Waals surface area contributed by atoms with E-state index in [0.717, 1.165) is 72.4 Å². The van der Waals surface area contributed by atoms with E-state index in [-0.39, 0.29) is 6.04 Å². The normalized spacial score (nSPS) is 15.3. The first-order valence-electron chi connectivity index (χ1n) is 11.7. The number of hydrogen-bond acceptors (Lipinski definition) is 5. The summed E-state index contributed by atoms with van der Waals surface area (Å²) in [5.74, 6) is 4.63. The topological polar surface area (TPSA) is 89.5 Å². The van der Waals surface area contributed by atoms with Gasteiger partial charge in [0.1, 0.15) is 17.4 Å². The van der Waals surface area contributed by atoms with E-state index in [1.807, 2.05) is 25.1 Å². The fourth-order valence-electron chi connectivity index (χ4n) is 4.19. The van der Waals surface area contributed by atoms with E-state index >= 15 is 0 Å². The Morgan fingerprint density at radius 2 is 2.19 bits per heavy atom. The predicted octanol–water partition coefficient (Wildman–Crippen LogP) is 4.01. The Kier molecular flexibility index (Phi) is 7.29. The van der Waals surface area contributed by atoms with E-state index in [0.29, 0.717) is 6.61 Å². The maximum atomic E-state index is 6.11. The molecule has 8 nitrogen and oxygen atoms in total. The number of guanidine groups is 1. The van der Waals surface area contributed by atoms with E-state index in [1.54, 1.807) is 7.05 Å². The average Bonchev–Trinajstić information content (AvgIpc) is 3.33. The van der Waals surface area contributed by atoms with Crippen molar-refractivity contribution in [2.45, 2.75) is 65.0 Å². The van der Waals surface area contributed by atoms with Crippen molar-refractivity contribution in [3.05, 3.63) is 41.7 Å². The molecule has 3 heterocycles. The molecule has 2 aromatic heterocycles. The fourth-order valence-corrected chi connectivity index (χ4v) is 4.19. The Morgan fingerprint density at radius 3 is 3.03 bits per heavy atom. The first-order valence-corrected chi connectivity index (χ1v) is 11.7. The third-order valence-electron chi connectivity index (χ3n) is 5.89. The van der Waals surface area contributed by atoms with Gasteiger partial charge in [-0.2, -0.15) is 0 Å². The Bertz CT molecular complexity index is 1050. The summed E-state index contributed by atoms with van der Waals surface area (Å²) in [6.07, 6.45) is 6.65. The van der Waals surface area contributed by atoms with Crippen LogP contribution in [0.5, 0.6) is 5.75 Å². The Labute approximate surface area is 189 Å². The monoisotopic (exact) mass is 438 g/mol. The quantitative estimate of drug-likeness (QED) is 0.314. The van der Waals surface area contributed by atoms with Gasteiger partial charge in [0.2, 0.25) is 0 Å². The zero-order valence-corrected chi connectivity index (χ0v) is 19.4. The minimum atomic E-state index is -0.0321. The summed E-state index contributed by atoms with van der Waals surface area (Å²) >= 11 is 0. The number of aromatic nitrogens is 3. The van der Waals surface area contributed by atoms with Crippen LogP contribution in [0.4, 0.5) is 0 Å². The molecule has 172 valence electrons. The summed E-state index contributed by atoms with van der Waals surface area (Å²) in [5, 5.41) is 16.7. The summed E-state index contributed by atoms with van der Waals surface area (Å²) in [7, 11) is 1.78. The van der Waals surface area contributed by atoms with Gasteiger partial charge in [-0.05, 0) is 45.2 Å². The first kappa shape index (κ1) is 22.2. The van der Waals surface area contributed by atoms with Crippen LogP contribution >= 0.6 is 0 Å². The van der Waals surface area contributed by atoms with Crippen LogP contribution in [0, 0.1) is 0 Å². The van der Waals surface area contributed by atoms with Crippen LogP contribution in [0.25, 0.3) is 11.0 Å². The number of furan rings is 1. The highest BCUT2D eigenvalue weighted by Crippen LogP contribution is 2.31. The van der Waals surface area contributed by atoms with Crippen molar-refractivity contribution in [1.82, 2.24) is 25.4 Å². The molecular weight excluding hydrogens is 404 g/mol. The van der Waals surface area contributed by atoms with Gasteiger partial charge >= 0.3 is 0 Å². The Hall–Kier alpha value is -3.03. The van der Waals surface area contributed by atoms with Crippen molar-refractivity contribution in [2.24, 2.45) is 4.99 Å². The van der Waals surface area contributed by atoms with Crippen LogP contribution in [-0.4, -0.2) is 40.9 Å². The minimum absolute atomic E-state index is 0.0321. The second-order valence-electron chi connectivity index (χ2n) is 8.22. The van der Waals surface area contributed by atoms with E-state index in [2.05, 4.69) is 43.4 Å². The molecule has 32 heavy (non-hydrogen) atoms. The van der Waals surface area contributed by atoms with Crippen LogP contribution in [0.2, 0.25) is 0 Å². The molecule has 1 atom stereocenters. The number of hydrogen-bond donors (Lipinski definition) is 2. The fraction of sp³-hybridized carbons (Fsp3) is 0.542. The molecule has 4 rings (SSSR count). The van der Waals surface area contributed by atoms with Crippen molar-refractivity contribution in [3.8, 4) is 5.75 Å². The average molecular weight is 439 g/mol. The van der Waals surface area contributed by atoms with E-state index in [1.165, 1.54) is 19.3 Å². The number of para-hydroxylation sites is 1. The van der Waals surface area contributed by atoms with Crippen LogP contribution in [0.3, 0.4) is 0 Å². The highest BCUT2D eigenvalue weighted by molar-refractivity contribution is 5.84. The molecule has 0 radical (unpaired) electrons. The molecule has 1 unspecified atom stereocenters. The molecule has 0 fully saturated rings. The van der Waals surface area contributed by atoms with Crippen LogP contribution in [0.15, 0.2) is 33.7 Å². The van der Waals surface area contributed by atoms with E-state index in [9.17, 15) is 0 Å². The van der Waals surface area contributed by atoms with E-state index in [4.69, 9.17) is 9.15 Å². The second-order valence-corrected chi connectivity index (χ2v) is 8.22. The minimum Gasteiger partial charge on any atom is -0.490 e. The molecular formula is C24H34N6O2. The molecule has 1 aliphatic rings. The zero-order chi connectivity index (χ0) is 22.3. The molecule has 0 bridgehead atoms. The number of ether oxygens (including phenoxy) is 1.